The van der Waals surface area contributed by atoms with Crippen molar-refractivity contribution in [3.63, 3.8) is 0 Å². The number of nitrogens with two attached hydrogens (primary N) is 1. The molecule has 6 heteroatoms. The van der Waals surface area contributed by atoms with Crippen LogP contribution < -0.4 is 5.73 Å². The van der Waals surface area contributed by atoms with Crippen molar-refractivity contribution in [2.45, 2.75) is 26.3 Å². The summed E-state index contributed by atoms with van der Waals surface area (Å²) in [5.74, 6) is 0.863. The Bertz CT molecular complexity index is 293. The number of aryl methyl sites for hydroxylation is 1. The lowest BCUT2D eigenvalue weighted by Crippen LogP contribution is -2.18. The first-order chi connectivity index (χ1) is 6.27. The molecule has 3 N–H and O–H groups in total. The van der Waals surface area contributed by atoms with Gasteiger partial charge in [0.25, 0.3) is 0 Å². The largest absolute Gasteiger partial charge is 0.409 e. The van der Waals surface area contributed by atoms with Gasteiger partial charge in [-0.05, 0) is 6.42 Å². The van der Waals surface area contributed by atoms with Gasteiger partial charge in [0.05, 0.1) is 6.42 Å². The Hall–Kier alpha value is -1.59. The molecule has 0 fully saturated rings. The molecule has 1 heterocycles. The summed E-state index contributed by atoms with van der Waals surface area (Å²) in [6.45, 7) is 2.85. The van der Waals surface area contributed by atoms with E-state index in [1.165, 1.54) is 6.33 Å². The summed E-state index contributed by atoms with van der Waals surface area (Å²) in [6.07, 6.45) is 2.78. The van der Waals surface area contributed by atoms with Gasteiger partial charge in [-0.25, -0.2) is 9.67 Å². The van der Waals surface area contributed by atoms with Crippen LogP contribution in [0, 0.1) is 0 Å². The van der Waals surface area contributed by atoms with E-state index in [4.69, 9.17) is 10.9 Å². The number of amidine groups is 1. The molecule has 1 aromatic heterocycles. The van der Waals surface area contributed by atoms with Crippen LogP contribution in [0.4, 0.5) is 0 Å². The lowest BCUT2D eigenvalue weighted by molar-refractivity contribution is 0.317. The zero-order valence-corrected chi connectivity index (χ0v) is 7.51. The van der Waals surface area contributed by atoms with Gasteiger partial charge in [-0.2, -0.15) is 5.10 Å². The number of rotatable bonds is 4. The van der Waals surface area contributed by atoms with Gasteiger partial charge >= 0.3 is 0 Å². The number of hydrogen-bond donors (Lipinski definition) is 2. The standard InChI is InChI=1S/C7H13N5O/c1-2-3-12-7(9-5-10-12)4-6(8)11-13/h5,13H,2-4H2,1H3,(H2,8,11). The second-order valence-corrected chi connectivity index (χ2v) is 2.67. The van der Waals surface area contributed by atoms with E-state index in [2.05, 4.69) is 22.2 Å². The second-order valence-electron chi connectivity index (χ2n) is 2.67. The summed E-state index contributed by atoms with van der Waals surface area (Å²) in [6, 6.07) is 0. The van der Waals surface area contributed by atoms with E-state index < -0.39 is 0 Å². The topological polar surface area (TPSA) is 89.3 Å². The Morgan fingerprint density at radius 2 is 2.54 bits per heavy atom. The molecule has 0 aliphatic carbocycles. The summed E-state index contributed by atoms with van der Waals surface area (Å²) in [7, 11) is 0. The van der Waals surface area contributed by atoms with Crippen molar-refractivity contribution in [1.29, 1.82) is 0 Å². The minimum absolute atomic E-state index is 0.144. The number of nitrogens with zero attached hydrogens (tertiary/aromatic N) is 4. The number of aromatic nitrogens is 3. The first-order valence-corrected chi connectivity index (χ1v) is 4.11. The molecule has 0 amide bonds. The molecular weight excluding hydrogens is 170 g/mol. The third-order valence-electron chi connectivity index (χ3n) is 1.60. The van der Waals surface area contributed by atoms with E-state index in [0.717, 1.165) is 18.8 Å². The molecule has 0 unspecified atom stereocenters. The molecule has 0 saturated heterocycles. The van der Waals surface area contributed by atoms with Gasteiger partial charge < -0.3 is 10.9 Å². The molecule has 0 aromatic carbocycles. The molecule has 6 nitrogen and oxygen atoms in total. The van der Waals surface area contributed by atoms with Crippen molar-refractivity contribution in [2.24, 2.45) is 10.9 Å². The van der Waals surface area contributed by atoms with Crippen molar-refractivity contribution < 1.29 is 5.21 Å². The summed E-state index contributed by atoms with van der Waals surface area (Å²) < 4.78 is 1.75. The van der Waals surface area contributed by atoms with E-state index >= 15 is 0 Å². The van der Waals surface area contributed by atoms with E-state index in [1.54, 1.807) is 4.68 Å². The predicted octanol–water partition coefficient (Wildman–Crippen LogP) is -0.0230. The van der Waals surface area contributed by atoms with Crippen molar-refractivity contribution in [2.75, 3.05) is 0 Å². The van der Waals surface area contributed by atoms with Crippen molar-refractivity contribution in [3.8, 4) is 0 Å². The van der Waals surface area contributed by atoms with E-state index in [-0.39, 0.29) is 5.84 Å². The van der Waals surface area contributed by atoms with Gasteiger partial charge in [0.15, 0.2) is 0 Å². The van der Waals surface area contributed by atoms with Gasteiger partial charge in [0, 0.05) is 6.54 Å². The maximum atomic E-state index is 8.36. The van der Waals surface area contributed by atoms with Gasteiger partial charge in [-0.15, -0.1) is 0 Å². The van der Waals surface area contributed by atoms with Crippen LogP contribution in [0.15, 0.2) is 11.5 Å². The monoisotopic (exact) mass is 183 g/mol. The fourth-order valence-corrected chi connectivity index (χ4v) is 1.02. The first-order valence-electron chi connectivity index (χ1n) is 4.11. The Labute approximate surface area is 76.1 Å². The molecule has 0 radical (unpaired) electrons. The van der Waals surface area contributed by atoms with Crippen LogP contribution in [0.1, 0.15) is 19.2 Å². The molecule has 0 spiro atoms. The van der Waals surface area contributed by atoms with Crippen LogP contribution in [0.3, 0.4) is 0 Å². The van der Waals surface area contributed by atoms with Crippen molar-refractivity contribution in [3.05, 3.63) is 12.2 Å². The lowest BCUT2D eigenvalue weighted by Gasteiger charge is -2.02. The summed E-state index contributed by atoms with van der Waals surface area (Å²) in [5, 5.41) is 15.2. The molecule has 0 bridgehead atoms. The van der Waals surface area contributed by atoms with Gasteiger partial charge in [0.2, 0.25) is 0 Å². The molecule has 0 atom stereocenters. The van der Waals surface area contributed by atoms with Gasteiger partial charge in [-0.1, -0.05) is 12.1 Å². The molecule has 0 aliphatic heterocycles. The maximum Gasteiger partial charge on any atom is 0.146 e. The SMILES string of the molecule is CCCn1ncnc1CC(N)=NO. The molecule has 1 rings (SSSR count). The normalized spacial score (nSPS) is 11.9. The Balaban J connectivity index is 2.70. The molecule has 0 saturated carbocycles. The van der Waals surface area contributed by atoms with Crippen LogP contribution in [0.2, 0.25) is 0 Å². The van der Waals surface area contributed by atoms with E-state index in [1.807, 2.05) is 0 Å². The highest BCUT2D eigenvalue weighted by Crippen LogP contribution is 1.96. The highest BCUT2D eigenvalue weighted by molar-refractivity contribution is 5.81. The smallest absolute Gasteiger partial charge is 0.146 e. The Kier molecular flexibility index (Phi) is 3.24. The minimum Gasteiger partial charge on any atom is -0.409 e. The Morgan fingerprint density at radius 3 is 3.15 bits per heavy atom. The maximum absolute atomic E-state index is 8.36. The van der Waals surface area contributed by atoms with Gasteiger partial charge in [0.1, 0.15) is 18.0 Å². The van der Waals surface area contributed by atoms with E-state index in [9.17, 15) is 0 Å². The van der Waals surface area contributed by atoms with Crippen LogP contribution in [-0.2, 0) is 13.0 Å². The molecule has 0 aliphatic rings. The van der Waals surface area contributed by atoms with Crippen LogP contribution in [0.5, 0.6) is 0 Å². The minimum atomic E-state index is 0.144. The molecule has 13 heavy (non-hydrogen) atoms. The third-order valence-corrected chi connectivity index (χ3v) is 1.60. The highest BCUT2D eigenvalue weighted by Gasteiger charge is 2.05. The fraction of sp³-hybridized carbons (Fsp3) is 0.571. The van der Waals surface area contributed by atoms with Crippen LogP contribution in [-0.4, -0.2) is 25.8 Å². The summed E-state index contributed by atoms with van der Waals surface area (Å²) in [5.41, 5.74) is 5.35. The lowest BCUT2D eigenvalue weighted by atomic mass is 10.3. The average Bonchev–Trinajstić information content (AvgIpc) is 2.54. The van der Waals surface area contributed by atoms with Crippen LogP contribution >= 0.6 is 0 Å². The third kappa shape index (κ3) is 2.43. The first kappa shape index (κ1) is 9.50. The van der Waals surface area contributed by atoms with Crippen molar-refractivity contribution >= 4 is 5.84 Å². The molecule has 1 aromatic rings. The highest BCUT2D eigenvalue weighted by atomic mass is 16.4. The summed E-state index contributed by atoms with van der Waals surface area (Å²) >= 11 is 0. The summed E-state index contributed by atoms with van der Waals surface area (Å²) in [4.78, 5) is 4.00. The zero-order valence-electron chi connectivity index (χ0n) is 7.51. The Morgan fingerprint density at radius 1 is 1.77 bits per heavy atom. The van der Waals surface area contributed by atoms with Gasteiger partial charge in [-0.3, -0.25) is 0 Å². The number of oxime groups is 1. The van der Waals surface area contributed by atoms with Crippen molar-refractivity contribution in [1.82, 2.24) is 14.8 Å². The molecular formula is C7H13N5O. The quantitative estimate of drug-likeness (QED) is 0.297. The predicted molar refractivity (Wildman–Crippen MR) is 47.4 cm³/mol. The second kappa shape index (κ2) is 4.44. The molecule has 72 valence electrons. The number of hydrogen-bond acceptors (Lipinski definition) is 4. The van der Waals surface area contributed by atoms with E-state index in [0.29, 0.717) is 6.42 Å². The fourth-order valence-electron chi connectivity index (χ4n) is 1.02. The average molecular weight is 183 g/mol. The van der Waals surface area contributed by atoms with Crippen LogP contribution in [0.25, 0.3) is 0 Å². The zero-order chi connectivity index (χ0) is 9.68.